The van der Waals surface area contributed by atoms with Crippen LogP contribution in [-0.4, -0.2) is 92.7 Å². The lowest BCUT2D eigenvalue weighted by Gasteiger charge is -2.45. The van der Waals surface area contributed by atoms with Gasteiger partial charge in [-0.05, 0) is 74.6 Å². The molecule has 4 heterocycles. The second-order valence-electron chi connectivity index (χ2n) is 14.2. The fraction of sp³-hybridized carbons (Fsp3) is 0.447. The van der Waals surface area contributed by atoms with Crippen LogP contribution in [0.15, 0.2) is 48.5 Å². The normalized spacial score (nSPS) is 21.4. The van der Waals surface area contributed by atoms with Gasteiger partial charge in [-0.25, -0.2) is 13.6 Å². The number of amides is 3. The number of hydrogen-bond donors (Lipinski definition) is 2. The molecule has 51 heavy (non-hydrogen) atoms. The first-order valence-corrected chi connectivity index (χ1v) is 18.1. The molecular weight excluding hydrogens is 674 g/mol. The monoisotopic (exact) mass is 716 g/mol. The first kappa shape index (κ1) is 34.8. The van der Waals surface area contributed by atoms with Crippen molar-refractivity contribution in [2.24, 2.45) is 5.92 Å². The lowest BCUT2D eigenvalue weighted by molar-refractivity contribution is 0.0965. The van der Waals surface area contributed by atoms with Crippen molar-refractivity contribution in [2.45, 2.75) is 45.3 Å². The Morgan fingerprint density at radius 1 is 0.922 bits per heavy atom. The average molecular weight is 717 g/mol. The number of benzene rings is 3. The maximum atomic E-state index is 15.5. The minimum absolute atomic E-state index is 0.00121. The number of anilines is 4. The number of carbonyl (C=O) groups excluding carboxylic acids is 2. The number of halogens is 3. The van der Waals surface area contributed by atoms with E-state index in [4.69, 9.17) is 11.6 Å². The van der Waals surface area contributed by atoms with Crippen molar-refractivity contribution in [2.75, 3.05) is 78.9 Å². The molecule has 2 N–H and O–H groups in total. The van der Waals surface area contributed by atoms with Gasteiger partial charge >= 0.3 is 6.03 Å². The molecular formula is C38H43ClF2N8O2. The molecule has 3 amide bonds. The SMILES string of the molecule is C[C@@H]1CN(c2ccc(C#N)c(Cl)c2)[C@@H](C)CN1C(=O)Nc1cc(F)c(N2CCC(CN3CCN(c4ccc5c(c4)CNC5=O)CC3)CC2)cc1F. The van der Waals surface area contributed by atoms with E-state index in [0.29, 0.717) is 49.2 Å². The van der Waals surface area contributed by atoms with E-state index >= 15 is 8.78 Å². The van der Waals surface area contributed by atoms with Crippen molar-refractivity contribution >= 4 is 46.3 Å². The zero-order valence-corrected chi connectivity index (χ0v) is 29.7. The van der Waals surface area contributed by atoms with Gasteiger partial charge in [-0.2, -0.15) is 5.26 Å². The smallest absolute Gasteiger partial charge is 0.322 e. The van der Waals surface area contributed by atoms with Gasteiger partial charge in [0.1, 0.15) is 17.7 Å². The van der Waals surface area contributed by atoms with Gasteiger partial charge < -0.3 is 30.2 Å². The molecule has 0 aliphatic carbocycles. The summed E-state index contributed by atoms with van der Waals surface area (Å²) in [4.78, 5) is 35.8. The van der Waals surface area contributed by atoms with E-state index in [1.54, 1.807) is 17.0 Å². The van der Waals surface area contributed by atoms with Crippen LogP contribution in [-0.2, 0) is 6.54 Å². The largest absolute Gasteiger partial charge is 0.369 e. The predicted octanol–water partition coefficient (Wildman–Crippen LogP) is 5.90. The summed E-state index contributed by atoms with van der Waals surface area (Å²) in [6.45, 7) is 11.4. The standard InChI is InChI=1S/C38H43ClF2N8O2/c1-24-22-49(25(2)21-48(24)30-4-3-27(19-42)32(39)16-30)38(51)44-35-17-34(41)36(18-33(35)40)47-9-7-26(8-10-47)23-45-11-13-46(14-12-45)29-5-6-31-28(15-29)20-43-37(31)50/h3-6,15-18,24-26H,7-14,20-23H2,1-2H3,(H,43,50)(H,44,51)/t24-,25+/m0/s1. The van der Waals surface area contributed by atoms with Crippen LogP contribution in [0.3, 0.4) is 0 Å². The minimum Gasteiger partial charge on any atom is -0.369 e. The third-order valence-corrected chi connectivity index (χ3v) is 11.2. The van der Waals surface area contributed by atoms with Gasteiger partial charge in [0.25, 0.3) is 5.91 Å². The van der Waals surface area contributed by atoms with Gasteiger partial charge in [-0.15, -0.1) is 0 Å². The number of piperidine rings is 1. The molecule has 4 aliphatic heterocycles. The summed E-state index contributed by atoms with van der Waals surface area (Å²) in [5.41, 5.74) is 4.29. The van der Waals surface area contributed by atoms with Gasteiger partial charge in [-0.3, -0.25) is 9.69 Å². The van der Waals surface area contributed by atoms with Crippen LogP contribution in [0, 0.1) is 28.9 Å². The van der Waals surface area contributed by atoms with Crippen molar-refractivity contribution in [3.05, 3.63) is 81.9 Å². The molecule has 3 fully saturated rings. The summed E-state index contributed by atoms with van der Waals surface area (Å²) in [6.07, 6.45) is 1.78. The highest BCUT2D eigenvalue weighted by Gasteiger charge is 2.33. The Kier molecular flexibility index (Phi) is 9.94. The van der Waals surface area contributed by atoms with Crippen molar-refractivity contribution in [1.29, 1.82) is 5.26 Å². The van der Waals surface area contributed by atoms with Crippen molar-refractivity contribution in [3.8, 4) is 6.07 Å². The molecule has 3 aromatic rings. The zero-order valence-electron chi connectivity index (χ0n) is 29.0. The Hall–Kier alpha value is -4.60. The van der Waals surface area contributed by atoms with Crippen LogP contribution < -0.4 is 25.3 Å². The number of piperazine rings is 2. The Balaban J connectivity index is 0.892. The minimum atomic E-state index is -0.669. The van der Waals surface area contributed by atoms with Gasteiger partial charge in [-0.1, -0.05) is 11.6 Å². The van der Waals surface area contributed by atoms with Crippen molar-refractivity contribution in [3.63, 3.8) is 0 Å². The Labute approximate surface area is 302 Å². The Bertz CT molecular complexity index is 1850. The molecule has 7 rings (SSSR count). The first-order chi connectivity index (χ1) is 24.6. The molecule has 10 nitrogen and oxygen atoms in total. The molecule has 0 bridgehead atoms. The molecule has 0 aromatic heterocycles. The highest BCUT2D eigenvalue weighted by Crippen LogP contribution is 2.32. The van der Waals surface area contributed by atoms with E-state index in [2.05, 4.69) is 37.5 Å². The lowest BCUT2D eigenvalue weighted by atomic mass is 9.95. The van der Waals surface area contributed by atoms with E-state index in [1.807, 2.05) is 36.9 Å². The van der Waals surface area contributed by atoms with Gasteiger partial charge in [0.2, 0.25) is 0 Å². The van der Waals surface area contributed by atoms with Gasteiger partial charge in [0.05, 0.1) is 22.0 Å². The summed E-state index contributed by atoms with van der Waals surface area (Å²) < 4.78 is 30.9. The number of fused-ring (bicyclic) bond motifs is 1. The predicted molar refractivity (Wildman–Crippen MR) is 196 cm³/mol. The number of nitrogens with zero attached hydrogens (tertiary/aromatic N) is 6. The molecule has 0 saturated carbocycles. The fourth-order valence-electron chi connectivity index (χ4n) is 7.93. The summed E-state index contributed by atoms with van der Waals surface area (Å²) in [5.74, 6) is -0.745. The molecule has 2 atom stereocenters. The number of nitrogens with one attached hydrogen (secondary N) is 2. The van der Waals surface area contributed by atoms with Crippen molar-refractivity contribution < 1.29 is 18.4 Å². The van der Waals surface area contributed by atoms with E-state index in [9.17, 15) is 14.9 Å². The average Bonchev–Trinajstić information content (AvgIpc) is 3.50. The molecule has 0 radical (unpaired) electrons. The second kappa shape index (κ2) is 14.6. The molecule has 3 saturated heterocycles. The third kappa shape index (κ3) is 7.28. The van der Waals surface area contributed by atoms with Crippen LogP contribution in [0.2, 0.25) is 5.02 Å². The zero-order chi connectivity index (χ0) is 35.8. The Morgan fingerprint density at radius 2 is 1.67 bits per heavy atom. The molecule has 3 aromatic carbocycles. The third-order valence-electron chi connectivity index (χ3n) is 10.9. The van der Waals surface area contributed by atoms with E-state index in [1.165, 1.54) is 6.07 Å². The number of rotatable bonds is 6. The van der Waals surface area contributed by atoms with Crippen molar-refractivity contribution in [1.82, 2.24) is 15.1 Å². The summed E-state index contributed by atoms with van der Waals surface area (Å²) in [6, 6.07) is 14.9. The van der Waals surface area contributed by atoms with E-state index in [0.717, 1.165) is 74.1 Å². The summed E-state index contributed by atoms with van der Waals surface area (Å²) in [7, 11) is 0. The highest BCUT2D eigenvalue weighted by molar-refractivity contribution is 6.32. The van der Waals surface area contributed by atoms with E-state index in [-0.39, 0.29) is 29.4 Å². The number of nitriles is 1. The highest BCUT2D eigenvalue weighted by atomic mass is 35.5. The molecule has 0 spiro atoms. The second-order valence-corrected chi connectivity index (χ2v) is 14.6. The molecule has 268 valence electrons. The topological polar surface area (TPSA) is 98.2 Å². The van der Waals surface area contributed by atoms with Crippen LogP contribution in [0.5, 0.6) is 0 Å². The van der Waals surface area contributed by atoms with Gasteiger partial charge in [0.15, 0.2) is 0 Å². The summed E-state index contributed by atoms with van der Waals surface area (Å²) in [5, 5.41) is 15.1. The number of hydrogen-bond acceptors (Lipinski definition) is 7. The molecule has 4 aliphatic rings. The Morgan fingerprint density at radius 3 is 2.39 bits per heavy atom. The molecule has 0 unspecified atom stereocenters. The number of urea groups is 1. The van der Waals surface area contributed by atoms with Crippen LogP contribution in [0.1, 0.15) is 48.2 Å². The van der Waals surface area contributed by atoms with Crippen LogP contribution in [0.4, 0.5) is 36.3 Å². The van der Waals surface area contributed by atoms with Crippen LogP contribution >= 0.6 is 11.6 Å². The summed E-state index contributed by atoms with van der Waals surface area (Å²) >= 11 is 6.26. The lowest BCUT2D eigenvalue weighted by Crippen LogP contribution is -2.59. The number of carbonyl (C=O) groups is 2. The fourth-order valence-corrected chi connectivity index (χ4v) is 8.15. The van der Waals surface area contributed by atoms with E-state index < -0.39 is 17.7 Å². The van der Waals surface area contributed by atoms with Crippen LogP contribution in [0.25, 0.3) is 0 Å². The quantitative estimate of drug-likeness (QED) is 0.328. The molecule has 13 heteroatoms. The maximum Gasteiger partial charge on any atom is 0.322 e. The maximum absolute atomic E-state index is 15.5. The van der Waals surface area contributed by atoms with Gasteiger partial charge in [0, 0.05) is 107 Å². The first-order valence-electron chi connectivity index (χ1n) is 17.7.